The maximum absolute atomic E-state index is 11.9. The normalized spacial score (nSPS) is 13.7. The first-order chi connectivity index (χ1) is 20.0. The van der Waals surface area contributed by atoms with Gasteiger partial charge in [0.2, 0.25) is 0 Å². The fourth-order valence-electron chi connectivity index (χ4n) is 3.64. The van der Waals surface area contributed by atoms with E-state index in [0.29, 0.717) is 24.7 Å². The number of nitrogens with one attached hydrogen (secondary N) is 3. The fraction of sp³-hybridized carbons (Fsp3) is 0.346. The van der Waals surface area contributed by atoms with Gasteiger partial charge in [-0.1, -0.05) is 0 Å². The van der Waals surface area contributed by atoms with E-state index >= 15 is 0 Å². The zero-order chi connectivity index (χ0) is 31.1. The summed E-state index contributed by atoms with van der Waals surface area (Å²) < 4.78 is 11.1. The van der Waals surface area contributed by atoms with Gasteiger partial charge in [-0.15, -0.1) is 0 Å². The molecule has 0 aliphatic heterocycles. The summed E-state index contributed by atoms with van der Waals surface area (Å²) in [7, 11) is 0. The Labute approximate surface area is 247 Å². The predicted octanol–water partition coefficient (Wildman–Crippen LogP) is 0.775. The monoisotopic (exact) mass is 649 g/mol. The number of nitro groups is 1. The van der Waals surface area contributed by atoms with E-state index in [-0.39, 0.29) is 29.4 Å². The number of amides is 3. The minimum atomic E-state index is -1.32. The summed E-state index contributed by atoms with van der Waals surface area (Å²) in [5.41, 5.74) is 5.88. The Morgan fingerprint density at radius 1 is 1.05 bits per heavy atom. The van der Waals surface area contributed by atoms with Gasteiger partial charge in [0.25, 0.3) is 0 Å². The Kier molecular flexibility index (Phi) is 13.9. The second-order valence-corrected chi connectivity index (χ2v) is 12.4. The Morgan fingerprint density at radius 2 is 1.71 bits per heavy atom. The van der Waals surface area contributed by atoms with E-state index in [2.05, 4.69) is 16.0 Å². The molecule has 0 heterocycles. The Bertz CT molecular complexity index is 1230. The van der Waals surface area contributed by atoms with Gasteiger partial charge in [0.15, 0.2) is 0 Å². The molecule has 0 aromatic heterocycles. The van der Waals surface area contributed by atoms with Gasteiger partial charge in [-0.2, -0.15) is 0 Å². The number of ether oxygens (including phenoxy) is 2. The van der Waals surface area contributed by atoms with Crippen LogP contribution in [0.4, 0.5) is 20.1 Å². The number of primary amides is 1. The quantitative estimate of drug-likeness (QED) is 0.0401. The second-order valence-electron chi connectivity index (χ2n) is 9.11. The number of nitro benzene ring substituents is 1. The molecule has 5 atom stereocenters. The summed E-state index contributed by atoms with van der Waals surface area (Å²) in [5.74, 6) is -0.304. The molecular formula is C26H32AsN5O10. The van der Waals surface area contributed by atoms with E-state index in [1.807, 2.05) is 12.1 Å². The van der Waals surface area contributed by atoms with Crippen molar-refractivity contribution in [1.29, 1.82) is 0 Å². The molecule has 2 aromatic rings. The van der Waals surface area contributed by atoms with Crippen LogP contribution in [0.5, 0.6) is 5.75 Å². The topological polar surface area (TPSA) is 229 Å². The van der Waals surface area contributed by atoms with Crippen molar-refractivity contribution in [1.82, 2.24) is 16.0 Å². The predicted molar refractivity (Wildman–Crippen MR) is 151 cm³/mol. The standard InChI is InChI=1S/C26H32AsN5O10/c1-16(22(14-34)30-25(36)37)12-29-19(13-33)6-11-23(31-24(28)35)27-18-4-2-17(3-5-18)15-41-26(38)42-21-9-7-20(8-10-21)32(39)40/h2-5,7-10,13-14,16,19,22-23,27,29-30H,6,11-12,15H2,1H3,(H,36,37)(H3,28,31,35)/t16-,19?,22?,23+/m0/s1. The van der Waals surface area contributed by atoms with Crippen molar-refractivity contribution in [2.24, 2.45) is 11.7 Å². The molecule has 0 radical (unpaired) electrons. The molecule has 0 aliphatic carbocycles. The molecule has 0 saturated carbocycles. The molecule has 0 spiro atoms. The van der Waals surface area contributed by atoms with Crippen LogP contribution in [0.3, 0.4) is 0 Å². The van der Waals surface area contributed by atoms with Crippen LogP contribution >= 0.6 is 0 Å². The fourth-order valence-corrected chi connectivity index (χ4v) is 6.34. The SMILES string of the molecule is C[C@@H](CNC(C=O)CC[C@@H](NC(N)=O)[AsH]c1ccc(COC(=O)Oc2ccc([N+](=O)[O-])cc2)cc1)C(C=O)NC(=O)O. The van der Waals surface area contributed by atoms with Gasteiger partial charge in [-0.25, -0.2) is 0 Å². The van der Waals surface area contributed by atoms with Crippen LogP contribution in [0.25, 0.3) is 0 Å². The second kappa shape index (κ2) is 17.4. The summed E-state index contributed by atoms with van der Waals surface area (Å²) in [6.07, 6.45) is -0.267. The third-order valence-electron chi connectivity index (χ3n) is 5.90. The van der Waals surface area contributed by atoms with Crippen LogP contribution in [0, 0.1) is 16.0 Å². The van der Waals surface area contributed by atoms with Gasteiger partial charge in [0.05, 0.1) is 4.92 Å². The Hall–Kier alpha value is -4.49. The number of nitrogens with two attached hydrogens (primary N) is 1. The van der Waals surface area contributed by atoms with Crippen LogP contribution in [0.15, 0.2) is 48.5 Å². The zero-order valence-electron chi connectivity index (χ0n) is 22.6. The molecule has 16 heteroatoms. The first kappa shape index (κ1) is 33.7. The summed E-state index contributed by atoms with van der Waals surface area (Å²) in [6.45, 7) is 1.81. The van der Waals surface area contributed by atoms with Crippen LogP contribution in [0.1, 0.15) is 25.3 Å². The van der Waals surface area contributed by atoms with Crippen LogP contribution in [-0.4, -0.2) is 80.1 Å². The summed E-state index contributed by atoms with van der Waals surface area (Å²) in [6, 6.07) is 9.95. The van der Waals surface area contributed by atoms with E-state index in [4.69, 9.17) is 20.3 Å². The van der Waals surface area contributed by atoms with Gasteiger partial charge in [0, 0.05) is 0 Å². The molecule has 2 rings (SSSR count). The number of benzene rings is 2. The average Bonchev–Trinajstić information content (AvgIpc) is 2.95. The van der Waals surface area contributed by atoms with E-state index in [9.17, 15) is 34.1 Å². The van der Waals surface area contributed by atoms with E-state index in [1.165, 1.54) is 24.3 Å². The molecule has 0 bridgehead atoms. The van der Waals surface area contributed by atoms with Crippen molar-refractivity contribution in [2.75, 3.05) is 6.54 Å². The van der Waals surface area contributed by atoms with Gasteiger partial charge in [-0.3, -0.25) is 10.1 Å². The Morgan fingerprint density at radius 3 is 2.26 bits per heavy atom. The number of hydrogen-bond donors (Lipinski definition) is 5. The number of carboxylic acid groups (broad SMARTS) is 1. The molecule has 0 fully saturated rings. The number of hydrogen-bond acceptors (Lipinski definition) is 10. The summed E-state index contributed by atoms with van der Waals surface area (Å²) >= 11 is -0.952. The Balaban J connectivity index is 1.86. The zero-order valence-corrected chi connectivity index (χ0v) is 24.7. The summed E-state index contributed by atoms with van der Waals surface area (Å²) in [5, 5.41) is 27.4. The van der Waals surface area contributed by atoms with Crippen molar-refractivity contribution in [3.05, 3.63) is 64.2 Å². The van der Waals surface area contributed by atoms with Crippen molar-refractivity contribution in [3.8, 4) is 5.75 Å². The van der Waals surface area contributed by atoms with Gasteiger partial charge >= 0.3 is 232 Å². The van der Waals surface area contributed by atoms with E-state index in [0.717, 1.165) is 10.6 Å². The van der Waals surface area contributed by atoms with Crippen molar-refractivity contribution in [3.63, 3.8) is 0 Å². The molecule has 226 valence electrons. The molecule has 3 amide bonds. The van der Waals surface area contributed by atoms with Crippen molar-refractivity contribution in [2.45, 2.75) is 43.3 Å². The number of non-ortho nitro benzene ring substituents is 1. The third kappa shape index (κ3) is 12.4. The van der Waals surface area contributed by atoms with E-state index < -0.39 is 57.0 Å². The minimum absolute atomic E-state index is 0.0763. The van der Waals surface area contributed by atoms with E-state index in [1.54, 1.807) is 19.1 Å². The van der Waals surface area contributed by atoms with Crippen molar-refractivity contribution < 1.29 is 43.5 Å². The molecular weight excluding hydrogens is 617 g/mol. The number of aldehydes is 2. The molecule has 6 N–H and O–H groups in total. The number of rotatable bonds is 17. The maximum atomic E-state index is 11.9. The van der Waals surface area contributed by atoms with Crippen LogP contribution in [-0.2, 0) is 20.9 Å². The first-order valence-electron chi connectivity index (χ1n) is 12.6. The molecule has 42 heavy (non-hydrogen) atoms. The van der Waals surface area contributed by atoms with Crippen LogP contribution in [0.2, 0.25) is 0 Å². The van der Waals surface area contributed by atoms with Gasteiger partial charge < -0.3 is 0 Å². The number of carbonyl (C=O) groups is 5. The molecule has 0 saturated heterocycles. The number of urea groups is 1. The third-order valence-corrected chi connectivity index (χ3v) is 8.94. The number of nitrogens with zero attached hydrogens (tertiary/aromatic N) is 1. The summed E-state index contributed by atoms with van der Waals surface area (Å²) in [4.78, 5) is 67.0. The molecule has 2 aromatic carbocycles. The molecule has 15 nitrogen and oxygen atoms in total. The average molecular weight is 649 g/mol. The van der Waals surface area contributed by atoms with Gasteiger partial charge in [0.1, 0.15) is 0 Å². The molecule has 3 unspecified atom stereocenters. The van der Waals surface area contributed by atoms with Crippen LogP contribution < -0.4 is 30.8 Å². The number of carbonyl (C=O) groups excluding carboxylic acids is 4. The molecule has 0 aliphatic rings. The first-order valence-corrected chi connectivity index (χ1v) is 14.9. The van der Waals surface area contributed by atoms with Gasteiger partial charge in [-0.05, 0) is 0 Å². The van der Waals surface area contributed by atoms with Crippen molar-refractivity contribution >= 4 is 56.6 Å².